The van der Waals surface area contributed by atoms with E-state index in [1.807, 2.05) is 61.5 Å². The summed E-state index contributed by atoms with van der Waals surface area (Å²) < 4.78 is 0. The zero-order chi connectivity index (χ0) is 26.2. The highest BCUT2D eigenvalue weighted by molar-refractivity contribution is 5.96. The van der Waals surface area contributed by atoms with E-state index in [4.69, 9.17) is 0 Å². The first-order chi connectivity index (χ1) is 17.9. The molecular weight excluding hydrogens is 460 g/mol. The van der Waals surface area contributed by atoms with Crippen LogP contribution in [0.2, 0.25) is 0 Å². The lowest BCUT2D eigenvalue weighted by atomic mass is 9.97. The lowest BCUT2D eigenvalue weighted by molar-refractivity contribution is -0.117. The third-order valence-electron chi connectivity index (χ3n) is 6.71. The number of nitrogens with zero attached hydrogens (tertiary/aromatic N) is 1. The van der Waals surface area contributed by atoms with Crippen LogP contribution in [0.25, 0.3) is 0 Å². The Kier molecular flexibility index (Phi) is 8.37. The van der Waals surface area contributed by atoms with Crippen molar-refractivity contribution < 1.29 is 14.7 Å². The third-order valence-corrected chi connectivity index (χ3v) is 6.71. The summed E-state index contributed by atoms with van der Waals surface area (Å²) in [5, 5.41) is 12.6. The number of aromatic carboxylic acids is 1. The van der Waals surface area contributed by atoms with Crippen molar-refractivity contribution >= 4 is 23.3 Å². The average Bonchev–Trinajstić information content (AvgIpc) is 2.93. The molecule has 0 saturated carbocycles. The van der Waals surface area contributed by atoms with Gasteiger partial charge in [0.15, 0.2) is 0 Å². The van der Waals surface area contributed by atoms with Gasteiger partial charge in [0.1, 0.15) is 0 Å². The highest BCUT2D eigenvalue weighted by Crippen LogP contribution is 2.25. The number of hydrogen-bond donors (Lipinski definition) is 2. The molecule has 0 aliphatic heterocycles. The molecule has 0 aromatic heterocycles. The number of rotatable bonds is 10. The minimum atomic E-state index is -0.958. The number of anilines is 2. The van der Waals surface area contributed by atoms with Crippen LogP contribution in [0.5, 0.6) is 0 Å². The molecule has 0 aliphatic rings. The van der Waals surface area contributed by atoms with Crippen molar-refractivity contribution in [1.82, 2.24) is 0 Å². The van der Waals surface area contributed by atoms with Crippen molar-refractivity contribution in [3.63, 3.8) is 0 Å². The van der Waals surface area contributed by atoms with Gasteiger partial charge >= 0.3 is 5.97 Å². The quantitative estimate of drug-likeness (QED) is 0.269. The van der Waals surface area contributed by atoms with Crippen LogP contribution in [0.4, 0.5) is 11.4 Å². The van der Waals surface area contributed by atoms with Gasteiger partial charge in [0, 0.05) is 31.4 Å². The highest BCUT2D eigenvalue weighted by atomic mass is 16.4. The number of nitrogens with one attached hydrogen (secondary N) is 1. The van der Waals surface area contributed by atoms with Gasteiger partial charge in [-0.15, -0.1) is 0 Å². The molecule has 5 heteroatoms. The minimum Gasteiger partial charge on any atom is -0.478 e. The Hall–Kier alpha value is -4.38. The fourth-order valence-electron chi connectivity index (χ4n) is 4.37. The molecule has 37 heavy (non-hydrogen) atoms. The van der Waals surface area contributed by atoms with E-state index in [1.54, 1.807) is 12.1 Å². The standard InChI is InChI=1S/C32H32N2O3/c1-23(25-16-18-28(19-17-25)34(2)21-20-24-10-4-3-5-11-24)31(35)33-30-15-9-7-13-27(30)22-26-12-6-8-14-29(26)32(36)37/h3-19,23H,20-22H2,1-2H3,(H,33,35)(H,36,37). The van der Waals surface area contributed by atoms with E-state index in [1.165, 1.54) is 5.56 Å². The number of carbonyl (C=O) groups is 2. The van der Waals surface area contributed by atoms with Gasteiger partial charge in [0.2, 0.25) is 5.91 Å². The Bertz CT molecular complexity index is 1350. The van der Waals surface area contributed by atoms with E-state index in [9.17, 15) is 14.7 Å². The molecule has 0 aliphatic carbocycles. The summed E-state index contributed by atoms with van der Waals surface area (Å²) in [6.07, 6.45) is 1.38. The third kappa shape index (κ3) is 6.64. The van der Waals surface area contributed by atoms with Crippen LogP contribution in [0.1, 0.15) is 45.5 Å². The Labute approximate surface area is 218 Å². The van der Waals surface area contributed by atoms with Crippen molar-refractivity contribution in [3.05, 3.63) is 131 Å². The molecule has 0 fully saturated rings. The van der Waals surface area contributed by atoms with Gasteiger partial charge in [0.25, 0.3) is 0 Å². The number of amides is 1. The van der Waals surface area contributed by atoms with Gasteiger partial charge in [-0.2, -0.15) is 0 Å². The van der Waals surface area contributed by atoms with E-state index >= 15 is 0 Å². The maximum atomic E-state index is 13.2. The number of hydrogen-bond acceptors (Lipinski definition) is 3. The molecule has 0 spiro atoms. The summed E-state index contributed by atoms with van der Waals surface area (Å²) >= 11 is 0. The predicted octanol–water partition coefficient (Wildman–Crippen LogP) is 6.40. The molecule has 188 valence electrons. The predicted molar refractivity (Wildman–Crippen MR) is 150 cm³/mol. The molecule has 4 aromatic carbocycles. The number of benzene rings is 4. The molecule has 0 radical (unpaired) electrons. The number of likely N-dealkylation sites (N-methyl/N-ethyl adjacent to an activating group) is 1. The monoisotopic (exact) mass is 492 g/mol. The number of carbonyl (C=O) groups excluding carboxylic acids is 1. The van der Waals surface area contributed by atoms with Crippen LogP contribution in [0, 0.1) is 0 Å². The fraction of sp³-hybridized carbons (Fsp3) is 0.188. The summed E-state index contributed by atoms with van der Waals surface area (Å²) in [5.41, 5.74) is 5.88. The fourth-order valence-corrected chi connectivity index (χ4v) is 4.37. The van der Waals surface area contributed by atoms with Crippen molar-refractivity contribution in [2.75, 3.05) is 23.8 Å². The number of carboxylic acid groups (broad SMARTS) is 1. The van der Waals surface area contributed by atoms with Crippen LogP contribution in [-0.2, 0) is 17.6 Å². The zero-order valence-corrected chi connectivity index (χ0v) is 21.2. The molecule has 0 bridgehead atoms. The van der Waals surface area contributed by atoms with Crippen molar-refractivity contribution in [2.24, 2.45) is 0 Å². The largest absolute Gasteiger partial charge is 0.478 e. The second-order valence-corrected chi connectivity index (χ2v) is 9.26. The molecule has 0 heterocycles. The summed E-state index contributed by atoms with van der Waals surface area (Å²) in [7, 11) is 2.08. The first-order valence-corrected chi connectivity index (χ1v) is 12.5. The van der Waals surface area contributed by atoms with Gasteiger partial charge in [-0.3, -0.25) is 4.79 Å². The van der Waals surface area contributed by atoms with Gasteiger partial charge < -0.3 is 15.3 Å². The average molecular weight is 493 g/mol. The highest BCUT2D eigenvalue weighted by Gasteiger charge is 2.18. The first kappa shape index (κ1) is 25.7. The molecule has 2 N–H and O–H groups in total. The summed E-state index contributed by atoms with van der Waals surface area (Å²) in [6.45, 7) is 2.80. The number of carboxylic acids is 1. The van der Waals surface area contributed by atoms with Crippen LogP contribution in [0.15, 0.2) is 103 Å². The Morgan fingerprint density at radius 1 is 0.811 bits per heavy atom. The van der Waals surface area contributed by atoms with Crippen molar-refractivity contribution in [2.45, 2.75) is 25.7 Å². The maximum absolute atomic E-state index is 13.2. The van der Waals surface area contributed by atoms with E-state index in [2.05, 4.69) is 53.7 Å². The molecule has 5 nitrogen and oxygen atoms in total. The van der Waals surface area contributed by atoms with E-state index < -0.39 is 5.97 Å². The van der Waals surface area contributed by atoms with Gasteiger partial charge in [-0.05, 0) is 59.9 Å². The normalized spacial score (nSPS) is 11.5. The molecular formula is C32H32N2O3. The molecule has 4 aromatic rings. The summed E-state index contributed by atoms with van der Waals surface area (Å²) in [5.74, 6) is -1.41. The van der Waals surface area contributed by atoms with Crippen LogP contribution >= 0.6 is 0 Å². The Balaban J connectivity index is 1.41. The van der Waals surface area contributed by atoms with Crippen LogP contribution < -0.4 is 10.2 Å². The van der Waals surface area contributed by atoms with Crippen molar-refractivity contribution in [3.8, 4) is 0 Å². The van der Waals surface area contributed by atoms with Crippen molar-refractivity contribution in [1.29, 1.82) is 0 Å². The number of para-hydroxylation sites is 1. The molecule has 1 unspecified atom stereocenters. The van der Waals surface area contributed by atoms with E-state index in [-0.39, 0.29) is 17.4 Å². The first-order valence-electron chi connectivity index (χ1n) is 12.5. The second-order valence-electron chi connectivity index (χ2n) is 9.26. The SMILES string of the molecule is CC(C(=O)Nc1ccccc1Cc1ccccc1C(=O)O)c1ccc(N(C)CCc2ccccc2)cc1. The summed E-state index contributed by atoms with van der Waals surface area (Å²) in [6, 6.07) is 33.0. The Morgan fingerprint density at radius 2 is 1.43 bits per heavy atom. The zero-order valence-electron chi connectivity index (χ0n) is 21.2. The smallest absolute Gasteiger partial charge is 0.335 e. The summed E-state index contributed by atoms with van der Waals surface area (Å²) in [4.78, 5) is 27.0. The maximum Gasteiger partial charge on any atom is 0.335 e. The Morgan fingerprint density at radius 3 is 2.14 bits per heavy atom. The van der Waals surface area contributed by atoms with E-state index in [0.29, 0.717) is 17.7 Å². The van der Waals surface area contributed by atoms with Gasteiger partial charge in [0.05, 0.1) is 11.5 Å². The molecule has 4 rings (SSSR count). The molecule has 0 saturated heterocycles. The van der Waals surface area contributed by atoms with E-state index in [0.717, 1.165) is 29.8 Å². The minimum absolute atomic E-state index is 0.107. The van der Waals surface area contributed by atoms with Crippen LogP contribution in [-0.4, -0.2) is 30.6 Å². The molecule has 1 atom stereocenters. The topological polar surface area (TPSA) is 69.6 Å². The van der Waals surface area contributed by atoms with Crippen LogP contribution in [0.3, 0.4) is 0 Å². The van der Waals surface area contributed by atoms with Gasteiger partial charge in [-0.25, -0.2) is 4.79 Å². The lowest BCUT2D eigenvalue weighted by Gasteiger charge is -2.21. The molecule has 1 amide bonds. The second kappa shape index (κ2) is 12.0. The lowest BCUT2D eigenvalue weighted by Crippen LogP contribution is -2.21. The van der Waals surface area contributed by atoms with Gasteiger partial charge in [-0.1, -0.05) is 78.9 Å².